The summed E-state index contributed by atoms with van der Waals surface area (Å²) in [6, 6.07) is 14.8. The molecule has 3 aromatic rings. The highest BCUT2D eigenvalue weighted by Crippen LogP contribution is 2.50. The normalized spacial score (nSPS) is 17.3. The quantitative estimate of drug-likeness (QED) is 0.197. The van der Waals surface area contributed by atoms with Gasteiger partial charge in [-0.1, -0.05) is 48.5 Å². The van der Waals surface area contributed by atoms with E-state index in [-0.39, 0.29) is 12.0 Å². The molecule has 2 aromatic carbocycles. The topological polar surface area (TPSA) is 65.9 Å². The van der Waals surface area contributed by atoms with Gasteiger partial charge in [0, 0.05) is 56.7 Å². The first-order chi connectivity index (χ1) is 21.0. The van der Waals surface area contributed by atoms with Crippen LogP contribution in [0.4, 0.5) is 26.3 Å². The predicted molar refractivity (Wildman–Crippen MR) is 157 cm³/mol. The minimum atomic E-state index is -5.94. The van der Waals surface area contributed by atoms with E-state index in [2.05, 4.69) is 14.8 Å². The van der Waals surface area contributed by atoms with Crippen molar-refractivity contribution in [3.8, 4) is 11.1 Å². The lowest BCUT2D eigenvalue weighted by Crippen LogP contribution is -2.54. The highest BCUT2D eigenvalue weighted by Gasteiger charge is 2.71. The fraction of sp³-hybridized carbons (Fsp3) is 0.455. The van der Waals surface area contributed by atoms with Gasteiger partial charge in [-0.05, 0) is 61.6 Å². The van der Waals surface area contributed by atoms with Gasteiger partial charge >= 0.3 is 18.3 Å². The van der Waals surface area contributed by atoms with E-state index in [1.54, 1.807) is 31.5 Å². The van der Waals surface area contributed by atoms with Crippen molar-refractivity contribution in [3.63, 3.8) is 0 Å². The molecule has 0 bridgehead atoms. The van der Waals surface area contributed by atoms with Gasteiger partial charge in [0.15, 0.2) is 0 Å². The molecule has 1 atom stereocenters. The summed E-state index contributed by atoms with van der Waals surface area (Å²) in [5.74, 6) is -0.240. The van der Waals surface area contributed by atoms with Crippen LogP contribution in [0.15, 0.2) is 73.1 Å². The molecule has 0 aliphatic carbocycles. The largest absolute Gasteiger partial charge is 0.466 e. The molecule has 0 radical (unpaired) electrons. The standard InChI is InChI=1S/C33H37F6N3O3/c1-4-45-29(43)30(2,3)19-28-22-41(17-18-42(28)21-24-13-15-40-16-14-24)20-23-5-7-25(8-6-23)26-9-11-27(12-10-26)31(44,32(34,35)36)33(37,38)39/h5-16,28,44H,4,17-22H2,1-3H3. The second-order valence-electron chi connectivity index (χ2n) is 12.0. The number of pyridine rings is 1. The van der Waals surface area contributed by atoms with Crippen molar-refractivity contribution in [2.75, 3.05) is 26.2 Å². The monoisotopic (exact) mass is 637 g/mol. The number of piperazine rings is 1. The van der Waals surface area contributed by atoms with Gasteiger partial charge in [-0.25, -0.2) is 0 Å². The van der Waals surface area contributed by atoms with E-state index in [0.717, 1.165) is 42.9 Å². The van der Waals surface area contributed by atoms with E-state index in [1.165, 1.54) is 0 Å². The van der Waals surface area contributed by atoms with Crippen LogP contribution >= 0.6 is 0 Å². The van der Waals surface area contributed by atoms with Crippen molar-refractivity contribution >= 4 is 5.97 Å². The number of rotatable bonds is 10. The zero-order valence-corrected chi connectivity index (χ0v) is 25.3. The van der Waals surface area contributed by atoms with Crippen LogP contribution < -0.4 is 0 Å². The summed E-state index contributed by atoms with van der Waals surface area (Å²) >= 11 is 0. The average molecular weight is 638 g/mol. The first-order valence-electron chi connectivity index (χ1n) is 14.6. The molecule has 1 aromatic heterocycles. The van der Waals surface area contributed by atoms with Crippen LogP contribution in [0.5, 0.6) is 0 Å². The second kappa shape index (κ2) is 13.5. The summed E-state index contributed by atoms with van der Waals surface area (Å²) in [6.45, 7) is 9.48. The van der Waals surface area contributed by atoms with E-state index in [0.29, 0.717) is 49.4 Å². The Balaban J connectivity index is 1.47. The number of aromatic nitrogens is 1. The van der Waals surface area contributed by atoms with Crippen molar-refractivity contribution in [2.24, 2.45) is 5.41 Å². The van der Waals surface area contributed by atoms with Crippen molar-refractivity contribution in [1.29, 1.82) is 0 Å². The van der Waals surface area contributed by atoms with Gasteiger partial charge in [0.05, 0.1) is 12.0 Å². The summed E-state index contributed by atoms with van der Waals surface area (Å²) in [4.78, 5) is 21.5. The average Bonchev–Trinajstić information content (AvgIpc) is 2.98. The number of esters is 1. The van der Waals surface area contributed by atoms with Gasteiger partial charge in [-0.3, -0.25) is 19.6 Å². The molecule has 12 heteroatoms. The summed E-state index contributed by atoms with van der Waals surface area (Å²) in [6.07, 6.45) is -7.77. The van der Waals surface area contributed by atoms with Crippen LogP contribution in [-0.2, 0) is 28.2 Å². The minimum absolute atomic E-state index is 0.0659. The van der Waals surface area contributed by atoms with E-state index in [4.69, 9.17) is 4.74 Å². The van der Waals surface area contributed by atoms with Crippen LogP contribution in [0.25, 0.3) is 11.1 Å². The van der Waals surface area contributed by atoms with Gasteiger partial charge < -0.3 is 9.84 Å². The molecule has 0 saturated carbocycles. The fourth-order valence-corrected chi connectivity index (χ4v) is 5.68. The summed E-state index contributed by atoms with van der Waals surface area (Å²) in [7, 11) is 0. The Labute approximate surface area is 258 Å². The number of halogens is 6. The Bertz CT molecular complexity index is 1400. The Morgan fingerprint density at radius 3 is 1.91 bits per heavy atom. The number of ether oxygens (including phenoxy) is 1. The zero-order chi connectivity index (χ0) is 33.0. The molecular formula is C33H37F6N3O3. The van der Waals surface area contributed by atoms with Crippen LogP contribution in [0.3, 0.4) is 0 Å². The molecule has 1 aliphatic rings. The minimum Gasteiger partial charge on any atom is -0.466 e. The number of nitrogens with zero attached hydrogens (tertiary/aromatic N) is 3. The van der Waals surface area contributed by atoms with Crippen molar-refractivity contribution < 1.29 is 41.0 Å². The Kier molecular flexibility index (Phi) is 10.3. The lowest BCUT2D eigenvalue weighted by atomic mass is 9.84. The maximum atomic E-state index is 13.2. The van der Waals surface area contributed by atoms with E-state index in [9.17, 15) is 36.2 Å². The smallest absolute Gasteiger partial charge is 0.430 e. The molecule has 2 heterocycles. The highest BCUT2D eigenvalue weighted by molar-refractivity contribution is 5.76. The number of benzene rings is 2. The molecular weight excluding hydrogens is 600 g/mol. The molecule has 45 heavy (non-hydrogen) atoms. The molecule has 1 N–H and O–H groups in total. The van der Waals surface area contributed by atoms with Crippen molar-refractivity contribution in [1.82, 2.24) is 14.8 Å². The molecule has 4 rings (SSSR count). The van der Waals surface area contributed by atoms with Crippen LogP contribution in [0.1, 0.15) is 43.9 Å². The summed E-state index contributed by atoms with van der Waals surface area (Å²) in [5.41, 5.74) is -3.84. The van der Waals surface area contributed by atoms with Crippen molar-refractivity contribution in [2.45, 2.75) is 64.3 Å². The van der Waals surface area contributed by atoms with Crippen LogP contribution in [0, 0.1) is 5.41 Å². The van der Waals surface area contributed by atoms with Gasteiger partial charge in [-0.15, -0.1) is 0 Å². The summed E-state index contributed by atoms with van der Waals surface area (Å²) < 4.78 is 84.8. The first-order valence-corrected chi connectivity index (χ1v) is 14.6. The molecule has 0 spiro atoms. The molecule has 6 nitrogen and oxygen atoms in total. The number of carbonyl (C=O) groups is 1. The molecule has 0 amide bonds. The summed E-state index contributed by atoms with van der Waals surface area (Å²) in [5, 5.41) is 9.65. The van der Waals surface area contributed by atoms with Crippen LogP contribution in [-0.4, -0.2) is 70.5 Å². The third-order valence-electron chi connectivity index (χ3n) is 8.21. The number of carbonyl (C=O) groups excluding carboxylic acids is 1. The number of alkyl halides is 6. The van der Waals surface area contributed by atoms with Gasteiger partial charge in [0.2, 0.25) is 0 Å². The Morgan fingerprint density at radius 1 is 0.844 bits per heavy atom. The van der Waals surface area contributed by atoms with Gasteiger partial charge in [-0.2, -0.15) is 26.3 Å². The van der Waals surface area contributed by atoms with E-state index >= 15 is 0 Å². The SMILES string of the molecule is CCOC(=O)C(C)(C)CC1CN(Cc2ccc(-c3ccc(C(O)(C(F)(F)F)C(F)(F)F)cc3)cc2)CCN1Cc1ccncc1. The molecule has 1 saturated heterocycles. The molecule has 1 aliphatic heterocycles. The van der Waals surface area contributed by atoms with E-state index in [1.807, 2.05) is 38.1 Å². The maximum Gasteiger partial charge on any atom is 0.430 e. The Hall–Kier alpha value is -3.48. The van der Waals surface area contributed by atoms with Crippen molar-refractivity contribution in [3.05, 3.63) is 89.7 Å². The Morgan fingerprint density at radius 2 is 1.38 bits per heavy atom. The second-order valence-corrected chi connectivity index (χ2v) is 12.0. The fourth-order valence-electron chi connectivity index (χ4n) is 5.68. The van der Waals surface area contributed by atoms with E-state index < -0.39 is 28.9 Å². The third kappa shape index (κ3) is 7.85. The number of aliphatic hydroxyl groups is 1. The molecule has 1 fully saturated rings. The molecule has 1 unspecified atom stereocenters. The molecule has 244 valence electrons. The number of hydrogen-bond donors (Lipinski definition) is 1. The van der Waals surface area contributed by atoms with Gasteiger partial charge in [0.25, 0.3) is 5.60 Å². The first kappa shape index (κ1) is 34.4. The van der Waals surface area contributed by atoms with Crippen LogP contribution in [0.2, 0.25) is 0 Å². The lowest BCUT2D eigenvalue weighted by Gasteiger charge is -2.44. The van der Waals surface area contributed by atoms with Gasteiger partial charge in [0.1, 0.15) is 0 Å². The predicted octanol–water partition coefficient (Wildman–Crippen LogP) is 6.73. The number of hydrogen-bond acceptors (Lipinski definition) is 6. The third-order valence-corrected chi connectivity index (χ3v) is 8.21. The highest BCUT2D eigenvalue weighted by atomic mass is 19.4. The zero-order valence-electron chi connectivity index (χ0n) is 25.3. The lowest BCUT2D eigenvalue weighted by molar-refractivity contribution is -0.376. The maximum absolute atomic E-state index is 13.2.